The Labute approximate surface area is 142 Å². The molecular weight excluding hydrogens is 362 g/mol. The Morgan fingerprint density at radius 3 is 2.48 bits per heavy atom. The number of aryl methyl sites for hydroxylation is 3. The number of amides is 2. The zero-order chi connectivity index (χ0) is 17.1. The first-order valence-corrected chi connectivity index (χ1v) is 7.69. The van der Waals surface area contributed by atoms with Crippen LogP contribution in [-0.2, 0) is 18.9 Å². The molecule has 0 radical (unpaired) electrons. The molecule has 2 N–H and O–H groups in total. The van der Waals surface area contributed by atoms with Gasteiger partial charge in [0.25, 0.3) is 11.8 Å². The first-order chi connectivity index (χ1) is 10.8. The van der Waals surface area contributed by atoms with E-state index in [4.69, 9.17) is 0 Å². The van der Waals surface area contributed by atoms with E-state index >= 15 is 0 Å². The topological polar surface area (TPSA) is 81.0 Å². The van der Waals surface area contributed by atoms with Gasteiger partial charge in [0.15, 0.2) is 0 Å². The van der Waals surface area contributed by atoms with Crippen molar-refractivity contribution in [3.05, 3.63) is 45.5 Å². The number of nitrogens with zero attached hydrogens (tertiary/aromatic N) is 3. The van der Waals surface area contributed by atoms with Crippen LogP contribution in [0.3, 0.4) is 0 Å². The molecule has 2 amide bonds. The minimum atomic E-state index is -0.422. The van der Waals surface area contributed by atoms with Gasteiger partial charge in [-0.2, -0.15) is 5.10 Å². The molecule has 2 aromatic heterocycles. The van der Waals surface area contributed by atoms with Gasteiger partial charge < -0.3 is 4.57 Å². The van der Waals surface area contributed by atoms with Crippen LogP contribution in [0, 0.1) is 13.8 Å². The second-order valence-electron chi connectivity index (χ2n) is 5.14. The molecule has 2 heterocycles. The molecule has 122 valence electrons. The summed E-state index contributed by atoms with van der Waals surface area (Å²) in [6.45, 7) is 3.80. The summed E-state index contributed by atoms with van der Waals surface area (Å²) in [5, 5.41) is 4.27. The summed E-state index contributed by atoms with van der Waals surface area (Å²) in [6.07, 6.45) is 4.79. The molecule has 0 atom stereocenters. The monoisotopic (exact) mass is 379 g/mol. The third kappa shape index (κ3) is 3.89. The van der Waals surface area contributed by atoms with Crippen molar-refractivity contribution in [2.75, 3.05) is 0 Å². The predicted octanol–water partition coefficient (Wildman–Crippen LogP) is 1.61. The molecule has 8 heteroatoms. The van der Waals surface area contributed by atoms with E-state index in [9.17, 15) is 9.59 Å². The smallest absolute Gasteiger partial charge is 0.286 e. The standard InChI is InChI=1S/C15H18BrN5O2/c1-9-12(10(2)21(4)19-9)5-6-14(22)17-18-15(23)13-7-11(16)8-20(13)3/h5-8H,1-4H3,(H,17,22)(H,18,23)/b6-5+. The Morgan fingerprint density at radius 1 is 1.26 bits per heavy atom. The van der Waals surface area contributed by atoms with Crippen LogP contribution in [0.1, 0.15) is 27.4 Å². The number of hydrogen-bond donors (Lipinski definition) is 2. The number of hydrazine groups is 1. The van der Waals surface area contributed by atoms with Gasteiger partial charge in [0.05, 0.1) is 5.69 Å². The molecule has 0 aliphatic rings. The second-order valence-corrected chi connectivity index (χ2v) is 6.05. The van der Waals surface area contributed by atoms with Crippen molar-refractivity contribution in [1.82, 2.24) is 25.2 Å². The molecule has 0 saturated heterocycles. The number of hydrogen-bond acceptors (Lipinski definition) is 3. The fourth-order valence-corrected chi connectivity index (χ4v) is 2.69. The number of aromatic nitrogens is 3. The highest BCUT2D eigenvalue weighted by molar-refractivity contribution is 9.10. The lowest BCUT2D eigenvalue weighted by molar-refractivity contribution is -0.117. The average molecular weight is 380 g/mol. The quantitative estimate of drug-likeness (QED) is 0.627. The maximum absolute atomic E-state index is 12.0. The molecular formula is C15H18BrN5O2. The molecule has 0 fully saturated rings. The zero-order valence-corrected chi connectivity index (χ0v) is 14.9. The van der Waals surface area contributed by atoms with Crippen LogP contribution in [0.2, 0.25) is 0 Å². The Bertz CT molecular complexity index is 788. The summed E-state index contributed by atoms with van der Waals surface area (Å²) in [4.78, 5) is 23.8. The van der Waals surface area contributed by atoms with E-state index in [-0.39, 0.29) is 0 Å². The fourth-order valence-electron chi connectivity index (χ4n) is 2.16. The Morgan fingerprint density at radius 2 is 1.96 bits per heavy atom. The van der Waals surface area contributed by atoms with E-state index in [2.05, 4.69) is 31.9 Å². The SMILES string of the molecule is Cc1nn(C)c(C)c1/C=C/C(=O)NNC(=O)c1cc(Br)cn1C. The molecule has 0 bridgehead atoms. The van der Waals surface area contributed by atoms with Crippen molar-refractivity contribution in [2.45, 2.75) is 13.8 Å². The lowest BCUT2D eigenvalue weighted by Gasteiger charge is -2.05. The van der Waals surface area contributed by atoms with Crippen molar-refractivity contribution < 1.29 is 9.59 Å². The van der Waals surface area contributed by atoms with E-state index in [0.717, 1.165) is 21.4 Å². The summed E-state index contributed by atoms with van der Waals surface area (Å²) in [7, 11) is 3.59. The summed E-state index contributed by atoms with van der Waals surface area (Å²) >= 11 is 3.29. The summed E-state index contributed by atoms with van der Waals surface area (Å²) in [5.41, 5.74) is 7.85. The average Bonchev–Trinajstić information content (AvgIpc) is 2.94. The molecule has 0 aliphatic heterocycles. The number of nitrogens with one attached hydrogen (secondary N) is 2. The molecule has 0 aliphatic carbocycles. The zero-order valence-electron chi connectivity index (χ0n) is 13.3. The molecule has 23 heavy (non-hydrogen) atoms. The first-order valence-electron chi connectivity index (χ1n) is 6.90. The minimum Gasteiger partial charge on any atom is -0.345 e. The lowest BCUT2D eigenvalue weighted by Crippen LogP contribution is -2.41. The van der Waals surface area contributed by atoms with E-state index in [1.807, 2.05) is 20.9 Å². The molecule has 0 aromatic carbocycles. The number of carbonyl (C=O) groups excluding carboxylic acids is 2. The van der Waals surface area contributed by atoms with E-state index in [1.54, 1.807) is 34.6 Å². The Balaban J connectivity index is 1.96. The van der Waals surface area contributed by atoms with Gasteiger partial charge in [-0.05, 0) is 41.9 Å². The van der Waals surface area contributed by atoms with Crippen LogP contribution in [0.5, 0.6) is 0 Å². The van der Waals surface area contributed by atoms with Crippen LogP contribution in [-0.4, -0.2) is 26.2 Å². The van der Waals surface area contributed by atoms with Crippen molar-refractivity contribution in [3.8, 4) is 0 Å². The minimum absolute atomic E-state index is 0.395. The molecule has 0 unspecified atom stereocenters. The van der Waals surface area contributed by atoms with Gasteiger partial charge in [0.2, 0.25) is 0 Å². The summed E-state index contributed by atoms with van der Waals surface area (Å²) in [5.74, 6) is -0.817. The summed E-state index contributed by atoms with van der Waals surface area (Å²) < 4.78 is 4.20. The maximum Gasteiger partial charge on any atom is 0.286 e. The van der Waals surface area contributed by atoms with E-state index in [0.29, 0.717) is 5.69 Å². The summed E-state index contributed by atoms with van der Waals surface area (Å²) in [6, 6.07) is 1.67. The highest BCUT2D eigenvalue weighted by atomic mass is 79.9. The molecule has 7 nitrogen and oxygen atoms in total. The second kappa shape index (κ2) is 6.82. The van der Waals surface area contributed by atoms with Gasteiger partial charge in [-0.15, -0.1) is 0 Å². The van der Waals surface area contributed by atoms with Crippen molar-refractivity contribution in [2.24, 2.45) is 14.1 Å². The maximum atomic E-state index is 12.0. The van der Waals surface area contributed by atoms with Crippen LogP contribution in [0.25, 0.3) is 6.08 Å². The number of carbonyl (C=O) groups is 2. The third-order valence-electron chi connectivity index (χ3n) is 3.47. The van der Waals surface area contributed by atoms with E-state index < -0.39 is 11.8 Å². The van der Waals surface area contributed by atoms with Crippen LogP contribution in [0.15, 0.2) is 22.8 Å². The van der Waals surface area contributed by atoms with Gasteiger partial charge in [-0.25, -0.2) is 0 Å². The Hall–Kier alpha value is -2.35. The predicted molar refractivity (Wildman–Crippen MR) is 90.4 cm³/mol. The lowest BCUT2D eigenvalue weighted by atomic mass is 10.2. The van der Waals surface area contributed by atoms with Gasteiger partial charge >= 0.3 is 0 Å². The van der Waals surface area contributed by atoms with Crippen molar-refractivity contribution >= 4 is 33.8 Å². The van der Waals surface area contributed by atoms with E-state index in [1.165, 1.54) is 6.08 Å². The van der Waals surface area contributed by atoms with Gasteiger partial charge in [0, 0.05) is 42.1 Å². The Kier molecular flexibility index (Phi) is 5.05. The fraction of sp³-hybridized carbons (Fsp3) is 0.267. The normalized spacial score (nSPS) is 11.0. The number of rotatable bonds is 3. The molecule has 2 rings (SSSR count). The van der Waals surface area contributed by atoms with Crippen LogP contribution >= 0.6 is 15.9 Å². The largest absolute Gasteiger partial charge is 0.345 e. The van der Waals surface area contributed by atoms with Crippen LogP contribution in [0.4, 0.5) is 0 Å². The van der Waals surface area contributed by atoms with Crippen LogP contribution < -0.4 is 10.9 Å². The molecule has 0 saturated carbocycles. The highest BCUT2D eigenvalue weighted by Gasteiger charge is 2.11. The van der Waals surface area contributed by atoms with Gasteiger partial charge in [-0.3, -0.25) is 25.1 Å². The first kappa shape index (κ1) is 17.0. The van der Waals surface area contributed by atoms with Gasteiger partial charge in [0.1, 0.15) is 5.69 Å². The highest BCUT2D eigenvalue weighted by Crippen LogP contribution is 2.14. The molecule has 2 aromatic rings. The third-order valence-corrected chi connectivity index (χ3v) is 3.90. The van der Waals surface area contributed by atoms with Crippen molar-refractivity contribution in [1.29, 1.82) is 0 Å². The van der Waals surface area contributed by atoms with Crippen molar-refractivity contribution in [3.63, 3.8) is 0 Å². The van der Waals surface area contributed by atoms with Gasteiger partial charge in [-0.1, -0.05) is 0 Å². The number of halogens is 1. The molecule has 0 spiro atoms.